The predicted molar refractivity (Wildman–Crippen MR) is 86.1 cm³/mol. The van der Waals surface area contributed by atoms with E-state index in [1.54, 1.807) is 23.0 Å². The van der Waals surface area contributed by atoms with Gasteiger partial charge in [0.2, 0.25) is 11.8 Å². The molecular formula is C16H20N4O3. The molecule has 7 heteroatoms. The maximum absolute atomic E-state index is 11.8. The van der Waals surface area contributed by atoms with Crippen molar-refractivity contribution in [3.05, 3.63) is 42.7 Å². The first-order chi connectivity index (χ1) is 11.1. The molecule has 2 aromatic rings. The lowest BCUT2D eigenvalue weighted by atomic mass is 10.3. The van der Waals surface area contributed by atoms with E-state index in [1.165, 1.54) is 6.92 Å². The van der Waals surface area contributed by atoms with Crippen LogP contribution in [0, 0.1) is 0 Å². The predicted octanol–water partition coefficient (Wildman–Crippen LogP) is 1.43. The van der Waals surface area contributed by atoms with E-state index in [4.69, 9.17) is 4.74 Å². The SMILES string of the molecule is CC(=O)NCCC(=O)Nc1cccc(OCCn2cccn2)c1. The molecule has 0 unspecified atom stereocenters. The Morgan fingerprint density at radius 1 is 1.30 bits per heavy atom. The van der Waals surface area contributed by atoms with E-state index >= 15 is 0 Å². The van der Waals surface area contributed by atoms with E-state index in [-0.39, 0.29) is 18.2 Å². The van der Waals surface area contributed by atoms with Crippen molar-refractivity contribution in [3.63, 3.8) is 0 Å². The summed E-state index contributed by atoms with van der Waals surface area (Å²) in [5.41, 5.74) is 0.661. The molecular weight excluding hydrogens is 296 g/mol. The summed E-state index contributed by atoms with van der Waals surface area (Å²) in [6, 6.07) is 9.05. The highest BCUT2D eigenvalue weighted by Gasteiger charge is 2.04. The van der Waals surface area contributed by atoms with Crippen LogP contribution in [0.3, 0.4) is 0 Å². The number of nitrogens with one attached hydrogen (secondary N) is 2. The highest BCUT2D eigenvalue weighted by molar-refractivity contribution is 5.91. The summed E-state index contributed by atoms with van der Waals surface area (Å²) in [6.07, 6.45) is 3.82. The van der Waals surface area contributed by atoms with E-state index < -0.39 is 0 Å². The van der Waals surface area contributed by atoms with Gasteiger partial charge in [-0.1, -0.05) is 6.07 Å². The normalized spacial score (nSPS) is 10.1. The molecule has 0 spiro atoms. The van der Waals surface area contributed by atoms with Gasteiger partial charge < -0.3 is 15.4 Å². The molecule has 1 aromatic carbocycles. The van der Waals surface area contributed by atoms with Crippen LogP contribution in [0.4, 0.5) is 5.69 Å². The van der Waals surface area contributed by atoms with E-state index in [0.29, 0.717) is 31.1 Å². The van der Waals surface area contributed by atoms with Gasteiger partial charge in [-0.25, -0.2) is 0 Å². The van der Waals surface area contributed by atoms with Gasteiger partial charge in [0.05, 0.1) is 6.54 Å². The van der Waals surface area contributed by atoms with E-state index in [2.05, 4.69) is 15.7 Å². The van der Waals surface area contributed by atoms with Gasteiger partial charge in [0, 0.05) is 44.0 Å². The van der Waals surface area contributed by atoms with Crippen molar-refractivity contribution in [2.75, 3.05) is 18.5 Å². The average Bonchev–Trinajstić information content (AvgIpc) is 3.00. The molecule has 122 valence electrons. The minimum atomic E-state index is -0.160. The Labute approximate surface area is 134 Å². The van der Waals surface area contributed by atoms with Crippen LogP contribution in [-0.4, -0.2) is 34.7 Å². The monoisotopic (exact) mass is 316 g/mol. The van der Waals surface area contributed by atoms with E-state index in [9.17, 15) is 9.59 Å². The summed E-state index contributed by atoms with van der Waals surface area (Å²) in [5.74, 6) is 0.370. The maximum Gasteiger partial charge on any atom is 0.226 e. The molecule has 2 N–H and O–H groups in total. The molecule has 1 aromatic heterocycles. The highest BCUT2D eigenvalue weighted by Crippen LogP contribution is 2.17. The molecule has 2 amide bonds. The third kappa shape index (κ3) is 6.21. The topological polar surface area (TPSA) is 85.3 Å². The third-order valence-electron chi connectivity index (χ3n) is 2.99. The first-order valence-corrected chi connectivity index (χ1v) is 7.38. The zero-order chi connectivity index (χ0) is 16.5. The Balaban J connectivity index is 1.77. The number of hydrogen-bond donors (Lipinski definition) is 2. The molecule has 0 fully saturated rings. The van der Waals surface area contributed by atoms with Crippen molar-refractivity contribution < 1.29 is 14.3 Å². The molecule has 0 saturated carbocycles. The van der Waals surface area contributed by atoms with E-state index in [0.717, 1.165) is 0 Å². The van der Waals surface area contributed by atoms with Crippen LogP contribution in [0.15, 0.2) is 42.7 Å². The molecule has 2 rings (SSSR count). The fourth-order valence-corrected chi connectivity index (χ4v) is 1.93. The second-order valence-corrected chi connectivity index (χ2v) is 4.93. The van der Waals surface area contributed by atoms with Crippen LogP contribution in [-0.2, 0) is 16.1 Å². The lowest BCUT2D eigenvalue weighted by Crippen LogP contribution is -2.25. The number of rotatable bonds is 8. The number of anilines is 1. The Bertz CT molecular complexity index is 641. The fourth-order valence-electron chi connectivity index (χ4n) is 1.93. The molecule has 1 heterocycles. The summed E-state index contributed by atoms with van der Waals surface area (Å²) in [5, 5.41) is 9.45. The zero-order valence-corrected chi connectivity index (χ0v) is 13.0. The van der Waals surface area contributed by atoms with Crippen molar-refractivity contribution in [1.82, 2.24) is 15.1 Å². The molecule has 0 bridgehead atoms. The first kappa shape index (κ1) is 16.5. The molecule has 0 saturated heterocycles. The second kappa shape index (κ2) is 8.57. The van der Waals surface area contributed by atoms with Crippen LogP contribution in [0.5, 0.6) is 5.75 Å². The summed E-state index contributed by atoms with van der Waals surface area (Å²) in [7, 11) is 0. The Hall–Kier alpha value is -2.83. The minimum absolute atomic E-state index is 0.148. The molecule has 7 nitrogen and oxygen atoms in total. The number of benzene rings is 1. The van der Waals surface area contributed by atoms with Gasteiger partial charge in [-0.05, 0) is 18.2 Å². The molecule has 0 aliphatic heterocycles. The van der Waals surface area contributed by atoms with Gasteiger partial charge in [0.25, 0.3) is 0 Å². The number of hydrogen-bond acceptors (Lipinski definition) is 4. The number of carbonyl (C=O) groups is 2. The smallest absolute Gasteiger partial charge is 0.226 e. The van der Waals surface area contributed by atoms with Crippen molar-refractivity contribution in [1.29, 1.82) is 0 Å². The number of aromatic nitrogens is 2. The van der Waals surface area contributed by atoms with Crippen LogP contribution in [0.25, 0.3) is 0 Å². The number of carbonyl (C=O) groups excluding carboxylic acids is 2. The van der Waals surface area contributed by atoms with Crippen molar-refractivity contribution >= 4 is 17.5 Å². The molecule has 0 radical (unpaired) electrons. The molecule has 0 aliphatic rings. The van der Waals surface area contributed by atoms with Gasteiger partial charge in [-0.3, -0.25) is 14.3 Å². The summed E-state index contributed by atoms with van der Waals surface area (Å²) >= 11 is 0. The molecule has 0 atom stereocenters. The van der Waals surface area contributed by atoms with Gasteiger partial charge in [-0.2, -0.15) is 5.10 Å². The van der Waals surface area contributed by atoms with Gasteiger partial charge in [-0.15, -0.1) is 0 Å². The average molecular weight is 316 g/mol. The Morgan fingerprint density at radius 2 is 2.17 bits per heavy atom. The van der Waals surface area contributed by atoms with Crippen LogP contribution in [0.1, 0.15) is 13.3 Å². The van der Waals surface area contributed by atoms with Crippen LogP contribution in [0.2, 0.25) is 0 Å². The van der Waals surface area contributed by atoms with Gasteiger partial charge in [0.15, 0.2) is 0 Å². The third-order valence-corrected chi connectivity index (χ3v) is 2.99. The first-order valence-electron chi connectivity index (χ1n) is 7.38. The Kier molecular flexibility index (Phi) is 6.17. The summed E-state index contributed by atoms with van der Waals surface area (Å²) in [4.78, 5) is 22.5. The molecule has 23 heavy (non-hydrogen) atoms. The van der Waals surface area contributed by atoms with E-state index in [1.807, 2.05) is 24.4 Å². The Morgan fingerprint density at radius 3 is 2.91 bits per heavy atom. The van der Waals surface area contributed by atoms with Crippen molar-refractivity contribution in [2.45, 2.75) is 19.9 Å². The number of ether oxygens (including phenoxy) is 1. The minimum Gasteiger partial charge on any atom is -0.492 e. The highest BCUT2D eigenvalue weighted by atomic mass is 16.5. The van der Waals surface area contributed by atoms with Gasteiger partial charge in [0.1, 0.15) is 12.4 Å². The lowest BCUT2D eigenvalue weighted by Gasteiger charge is -2.09. The largest absolute Gasteiger partial charge is 0.492 e. The lowest BCUT2D eigenvalue weighted by molar-refractivity contribution is -0.119. The summed E-state index contributed by atoms with van der Waals surface area (Å²) < 4.78 is 7.43. The van der Waals surface area contributed by atoms with Crippen molar-refractivity contribution in [3.8, 4) is 5.75 Å². The standard InChI is InChI=1S/C16H20N4O3/c1-13(21)17-8-6-16(22)19-14-4-2-5-15(12-14)23-11-10-20-9-3-7-18-20/h2-5,7,9,12H,6,8,10-11H2,1H3,(H,17,21)(H,19,22). The fraction of sp³-hybridized carbons (Fsp3) is 0.312. The van der Waals surface area contributed by atoms with Crippen molar-refractivity contribution in [2.24, 2.45) is 0 Å². The number of amides is 2. The van der Waals surface area contributed by atoms with Crippen LogP contribution < -0.4 is 15.4 Å². The van der Waals surface area contributed by atoms with Crippen LogP contribution >= 0.6 is 0 Å². The quantitative estimate of drug-likeness (QED) is 0.771. The second-order valence-electron chi connectivity index (χ2n) is 4.93. The molecule has 0 aliphatic carbocycles. The zero-order valence-electron chi connectivity index (χ0n) is 13.0. The summed E-state index contributed by atoms with van der Waals surface area (Å²) in [6.45, 7) is 2.88. The van der Waals surface area contributed by atoms with Gasteiger partial charge >= 0.3 is 0 Å². The number of nitrogens with zero attached hydrogens (tertiary/aromatic N) is 2. The maximum atomic E-state index is 11.8.